The molecule has 1 aromatic rings. The molecule has 2 atom stereocenters. The number of primary amides is 1. The molecule has 3 N–H and O–H groups in total. The predicted octanol–water partition coefficient (Wildman–Crippen LogP) is 1.13. The first-order valence-corrected chi connectivity index (χ1v) is 6.80. The highest BCUT2D eigenvalue weighted by Crippen LogP contribution is 2.20. The second-order valence-corrected chi connectivity index (χ2v) is 5.38. The van der Waals surface area contributed by atoms with Gasteiger partial charge in [0.1, 0.15) is 6.04 Å². The van der Waals surface area contributed by atoms with Gasteiger partial charge in [0.25, 0.3) is 0 Å². The van der Waals surface area contributed by atoms with E-state index in [9.17, 15) is 9.59 Å². The van der Waals surface area contributed by atoms with Crippen LogP contribution in [0.1, 0.15) is 18.0 Å². The molecule has 0 unspecified atom stereocenters. The molecule has 0 aliphatic carbocycles. The number of carbonyl (C=O) groups is 2. The van der Waals surface area contributed by atoms with Gasteiger partial charge in [0.15, 0.2) is 0 Å². The van der Waals surface area contributed by atoms with E-state index in [1.54, 1.807) is 18.2 Å². The summed E-state index contributed by atoms with van der Waals surface area (Å²) in [5.41, 5.74) is 6.03. The highest BCUT2D eigenvalue weighted by atomic mass is 79.9. The molecule has 102 valence electrons. The molecule has 2 amide bonds. The standard InChI is InChI=1S/C13H15BrN2O3/c14-10-3-1-2-8(6-10)11(12(15)17)16-13(18)9-4-5-19-7-9/h1-3,6,9,11H,4-5,7H2,(H2,15,17)(H,16,18)/t9-,11-/m1/s1. The fourth-order valence-corrected chi connectivity index (χ4v) is 2.42. The largest absolute Gasteiger partial charge is 0.381 e. The molecule has 1 heterocycles. The molecule has 1 saturated heterocycles. The Bertz CT molecular complexity index is 487. The number of halogens is 1. The third kappa shape index (κ3) is 3.54. The molecule has 0 spiro atoms. The summed E-state index contributed by atoms with van der Waals surface area (Å²) in [6.07, 6.45) is 0.676. The van der Waals surface area contributed by atoms with Crippen LogP contribution in [0.5, 0.6) is 0 Å². The van der Waals surface area contributed by atoms with E-state index in [0.29, 0.717) is 25.2 Å². The zero-order valence-electron chi connectivity index (χ0n) is 10.3. The molecule has 6 heteroatoms. The molecule has 0 radical (unpaired) electrons. The lowest BCUT2D eigenvalue weighted by Gasteiger charge is -2.18. The number of benzene rings is 1. The van der Waals surface area contributed by atoms with Crippen LogP contribution in [0.4, 0.5) is 0 Å². The molecule has 1 aliphatic heterocycles. The van der Waals surface area contributed by atoms with E-state index in [4.69, 9.17) is 10.5 Å². The molecule has 5 nitrogen and oxygen atoms in total. The van der Waals surface area contributed by atoms with Crippen LogP contribution in [-0.2, 0) is 14.3 Å². The molecular formula is C13H15BrN2O3. The molecule has 0 saturated carbocycles. The maximum absolute atomic E-state index is 12.0. The lowest BCUT2D eigenvalue weighted by atomic mass is 10.0. The van der Waals surface area contributed by atoms with Crippen LogP contribution >= 0.6 is 15.9 Å². The first-order chi connectivity index (χ1) is 9.08. The van der Waals surface area contributed by atoms with Crippen LogP contribution in [0.2, 0.25) is 0 Å². The maximum Gasteiger partial charge on any atom is 0.244 e. The lowest BCUT2D eigenvalue weighted by molar-refractivity contribution is -0.130. The van der Waals surface area contributed by atoms with Gasteiger partial charge in [0, 0.05) is 11.1 Å². The summed E-state index contributed by atoms with van der Waals surface area (Å²) >= 11 is 3.33. The van der Waals surface area contributed by atoms with Gasteiger partial charge < -0.3 is 15.8 Å². The van der Waals surface area contributed by atoms with Crippen molar-refractivity contribution in [3.05, 3.63) is 34.3 Å². The third-order valence-corrected chi connectivity index (χ3v) is 3.55. The fourth-order valence-electron chi connectivity index (χ4n) is 2.01. The van der Waals surface area contributed by atoms with Crippen LogP contribution in [0.15, 0.2) is 28.7 Å². The highest BCUT2D eigenvalue weighted by Gasteiger charge is 2.28. The quantitative estimate of drug-likeness (QED) is 0.870. The molecule has 19 heavy (non-hydrogen) atoms. The predicted molar refractivity (Wildman–Crippen MR) is 73.1 cm³/mol. The number of amides is 2. The Kier molecular flexibility index (Phi) is 4.55. The van der Waals surface area contributed by atoms with Crippen LogP contribution in [-0.4, -0.2) is 25.0 Å². The SMILES string of the molecule is NC(=O)[C@H](NC(=O)[C@@H]1CCOC1)c1cccc(Br)c1. The summed E-state index contributed by atoms with van der Waals surface area (Å²) in [6.45, 7) is 0.978. The third-order valence-electron chi connectivity index (χ3n) is 3.05. The van der Waals surface area contributed by atoms with Gasteiger partial charge in [-0.05, 0) is 24.1 Å². The Labute approximate surface area is 119 Å². The van der Waals surface area contributed by atoms with E-state index >= 15 is 0 Å². The molecule has 1 fully saturated rings. The lowest BCUT2D eigenvalue weighted by Crippen LogP contribution is -2.40. The van der Waals surface area contributed by atoms with Gasteiger partial charge in [-0.2, -0.15) is 0 Å². The minimum Gasteiger partial charge on any atom is -0.381 e. The molecule has 1 aromatic carbocycles. The number of hydrogen-bond acceptors (Lipinski definition) is 3. The topological polar surface area (TPSA) is 81.4 Å². The maximum atomic E-state index is 12.0. The van der Waals surface area contributed by atoms with Crippen molar-refractivity contribution in [3.8, 4) is 0 Å². The van der Waals surface area contributed by atoms with E-state index in [2.05, 4.69) is 21.2 Å². The molecule has 2 rings (SSSR count). The average molecular weight is 327 g/mol. The van der Waals surface area contributed by atoms with Crippen molar-refractivity contribution >= 4 is 27.7 Å². The van der Waals surface area contributed by atoms with Gasteiger partial charge in [-0.15, -0.1) is 0 Å². The molecule has 1 aliphatic rings. The Morgan fingerprint density at radius 3 is 2.84 bits per heavy atom. The van der Waals surface area contributed by atoms with Gasteiger partial charge in [0.2, 0.25) is 11.8 Å². The second kappa shape index (κ2) is 6.16. The van der Waals surface area contributed by atoms with Gasteiger partial charge >= 0.3 is 0 Å². The Balaban J connectivity index is 2.12. The van der Waals surface area contributed by atoms with Crippen molar-refractivity contribution in [2.24, 2.45) is 11.7 Å². The van der Waals surface area contributed by atoms with Crippen molar-refractivity contribution in [2.75, 3.05) is 13.2 Å². The first kappa shape index (κ1) is 14.0. The summed E-state index contributed by atoms with van der Waals surface area (Å²) in [6, 6.07) is 6.34. The van der Waals surface area contributed by atoms with Crippen molar-refractivity contribution in [1.29, 1.82) is 0 Å². The van der Waals surface area contributed by atoms with Gasteiger partial charge in [0.05, 0.1) is 12.5 Å². The van der Waals surface area contributed by atoms with Crippen LogP contribution in [0.25, 0.3) is 0 Å². The Morgan fingerprint density at radius 1 is 1.47 bits per heavy atom. The smallest absolute Gasteiger partial charge is 0.244 e. The summed E-state index contributed by atoms with van der Waals surface area (Å²) in [4.78, 5) is 23.5. The zero-order chi connectivity index (χ0) is 13.8. The minimum absolute atomic E-state index is 0.193. The fraction of sp³-hybridized carbons (Fsp3) is 0.385. The van der Waals surface area contributed by atoms with Gasteiger partial charge in [-0.1, -0.05) is 28.1 Å². The van der Waals surface area contributed by atoms with Gasteiger partial charge in [-0.3, -0.25) is 9.59 Å². The normalized spacial score (nSPS) is 19.9. The number of rotatable bonds is 4. The molecule has 0 aromatic heterocycles. The number of nitrogens with two attached hydrogens (primary N) is 1. The van der Waals surface area contributed by atoms with Crippen molar-refractivity contribution in [3.63, 3.8) is 0 Å². The van der Waals surface area contributed by atoms with Crippen LogP contribution in [0, 0.1) is 5.92 Å². The molecule has 0 bridgehead atoms. The number of carbonyl (C=O) groups excluding carboxylic acids is 2. The summed E-state index contributed by atoms with van der Waals surface area (Å²) in [7, 11) is 0. The minimum atomic E-state index is -0.814. The van der Waals surface area contributed by atoms with E-state index in [0.717, 1.165) is 4.47 Å². The van der Waals surface area contributed by atoms with E-state index in [-0.39, 0.29) is 11.8 Å². The summed E-state index contributed by atoms with van der Waals surface area (Å²) in [5.74, 6) is -0.972. The highest BCUT2D eigenvalue weighted by molar-refractivity contribution is 9.10. The Morgan fingerprint density at radius 2 is 2.26 bits per heavy atom. The average Bonchev–Trinajstić information content (AvgIpc) is 2.89. The Hall–Kier alpha value is -1.40. The number of hydrogen-bond donors (Lipinski definition) is 2. The monoisotopic (exact) mass is 326 g/mol. The van der Waals surface area contributed by atoms with Crippen molar-refractivity contribution < 1.29 is 14.3 Å². The number of ether oxygens (including phenoxy) is 1. The summed E-state index contributed by atoms with van der Waals surface area (Å²) in [5, 5.41) is 2.69. The van der Waals surface area contributed by atoms with E-state index in [1.807, 2.05) is 6.07 Å². The number of nitrogens with one attached hydrogen (secondary N) is 1. The van der Waals surface area contributed by atoms with Gasteiger partial charge in [-0.25, -0.2) is 0 Å². The van der Waals surface area contributed by atoms with E-state index in [1.165, 1.54) is 0 Å². The summed E-state index contributed by atoms with van der Waals surface area (Å²) < 4.78 is 5.99. The first-order valence-electron chi connectivity index (χ1n) is 6.01. The molecular weight excluding hydrogens is 312 g/mol. The van der Waals surface area contributed by atoms with Crippen molar-refractivity contribution in [1.82, 2.24) is 5.32 Å². The second-order valence-electron chi connectivity index (χ2n) is 4.46. The van der Waals surface area contributed by atoms with Crippen molar-refractivity contribution in [2.45, 2.75) is 12.5 Å². The van der Waals surface area contributed by atoms with Crippen LogP contribution in [0.3, 0.4) is 0 Å². The zero-order valence-corrected chi connectivity index (χ0v) is 11.9. The van der Waals surface area contributed by atoms with E-state index < -0.39 is 11.9 Å². The van der Waals surface area contributed by atoms with Crippen LogP contribution < -0.4 is 11.1 Å².